The topological polar surface area (TPSA) is 13.1 Å². The summed E-state index contributed by atoms with van der Waals surface area (Å²) in [6, 6.07) is 22.9. The van der Waals surface area contributed by atoms with Gasteiger partial charge < -0.3 is 4.42 Å². The van der Waals surface area contributed by atoms with Crippen LogP contribution in [0.5, 0.6) is 0 Å². The molecule has 1 heterocycles. The van der Waals surface area contributed by atoms with Crippen molar-refractivity contribution in [1.29, 1.82) is 0 Å². The van der Waals surface area contributed by atoms with Crippen LogP contribution in [-0.4, -0.2) is 0 Å². The maximum absolute atomic E-state index is 6.34. The normalized spacial score (nSPS) is 28.8. The predicted octanol–water partition coefficient (Wildman–Crippen LogP) is 9.02. The highest BCUT2D eigenvalue weighted by atomic mass is 16.3. The minimum Gasteiger partial charge on any atom is -0.456 e. The molecule has 4 saturated carbocycles. The van der Waals surface area contributed by atoms with Crippen LogP contribution in [0.25, 0.3) is 33.1 Å². The first-order chi connectivity index (χ1) is 15.9. The minimum atomic E-state index is 0.0854. The summed E-state index contributed by atoms with van der Waals surface area (Å²) < 4.78 is 6.34. The predicted molar refractivity (Wildman–Crippen MR) is 138 cm³/mol. The van der Waals surface area contributed by atoms with Gasteiger partial charge in [0.2, 0.25) is 0 Å². The van der Waals surface area contributed by atoms with Crippen molar-refractivity contribution in [3.8, 4) is 11.1 Å². The smallest absolute Gasteiger partial charge is 0.136 e. The van der Waals surface area contributed by atoms with Crippen LogP contribution >= 0.6 is 0 Å². The van der Waals surface area contributed by atoms with E-state index in [1.54, 1.807) is 5.56 Å². The third-order valence-corrected chi connectivity index (χ3v) is 9.17. The van der Waals surface area contributed by atoms with Gasteiger partial charge in [-0.25, -0.2) is 0 Å². The van der Waals surface area contributed by atoms with E-state index in [-0.39, 0.29) is 5.41 Å². The van der Waals surface area contributed by atoms with Gasteiger partial charge in [0, 0.05) is 10.8 Å². The molecule has 0 spiro atoms. The van der Waals surface area contributed by atoms with Gasteiger partial charge in [-0.05, 0) is 108 Å². The van der Waals surface area contributed by atoms with E-state index in [9.17, 15) is 0 Å². The number of rotatable bonds is 2. The van der Waals surface area contributed by atoms with E-state index in [2.05, 4.69) is 81.4 Å². The van der Waals surface area contributed by atoms with E-state index >= 15 is 0 Å². The number of hydrogen-bond acceptors (Lipinski definition) is 1. The van der Waals surface area contributed by atoms with Crippen molar-refractivity contribution in [2.24, 2.45) is 17.8 Å². The van der Waals surface area contributed by atoms with Crippen molar-refractivity contribution in [3.05, 3.63) is 71.8 Å². The lowest BCUT2D eigenvalue weighted by atomic mass is 9.48. The van der Waals surface area contributed by atoms with Crippen LogP contribution in [0.4, 0.5) is 0 Å². The number of benzene rings is 3. The molecule has 8 rings (SSSR count). The molecule has 1 aromatic heterocycles. The highest BCUT2D eigenvalue weighted by Gasteiger charge is 2.51. The van der Waals surface area contributed by atoms with Crippen molar-refractivity contribution < 1.29 is 4.42 Å². The second kappa shape index (κ2) is 6.75. The maximum atomic E-state index is 6.34. The molecule has 4 aliphatic rings. The largest absolute Gasteiger partial charge is 0.456 e. The Hall–Kier alpha value is -2.54. The zero-order chi connectivity index (χ0) is 22.4. The van der Waals surface area contributed by atoms with Crippen LogP contribution < -0.4 is 0 Å². The summed E-state index contributed by atoms with van der Waals surface area (Å²) in [7, 11) is 0. The molecule has 4 bridgehead atoms. The molecule has 4 aromatic rings. The lowest BCUT2D eigenvalue weighted by Gasteiger charge is -2.57. The lowest BCUT2D eigenvalue weighted by molar-refractivity contribution is -0.00518. The first kappa shape index (κ1) is 19.9. The second-order valence-electron chi connectivity index (χ2n) is 12.5. The molecule has 0 atom stereocenters. The highest BCUT2D eigenvalue weighted by molar-refractivity contribution is 6.08. The maximum Gasteiger partial charge on any atom is 0.136 e. The summed E-state index contributed by atoms with van der Waals surface area (Å²) >= 11 is 0. The summed E-state index contributed by atoms with van der Waals surface area (Å²) in [6.07, 6.45) is 8.81. The van der Waals surface area contributed by atoms with Gasteiger partial charge in [0.1, 0.15) is 11.2 Å². The molecule has 33 heavy (non-hydrogen) atoms. The zero-order valence-electron chi connectivity index (χ0n) is 20.2. The molecule has 0 saturated heterocycles. The molecular weight excluding hydrogens is 400 g/mol. The van der Waals surface area contributed by atoms with Crippen LogP contribution in [0.3, 0.4) is 0 Å². The van der Waals surface area contributed by atoms with Crippen molar-refractivity contribution >= 4 is 21.9 Å². The molecule has 0 aliphatic heterocycles. The van der Waals surface area contributed by atoms with E-state index in [4.69, 9.17) is 4.42 Å². The van der Waals surface area contributed by atoms with Crippen molar-refractivity contribution in [2.75, 3.05) is 0 Å². The molecule has 0 N–H and O–H groups in total. The van der Waals surface area contributed by atoms with Gasteiger partial charge in [-0.1, -0.05) is 63.2 Å². The van der Waals surface area contributed by atoms with Gasteiger partial charge in [-0.3, -0.25) is 0 Å². The fourth-order valence-electron chi connectivity index (χ4n) is 8.11. The number of hydrogen-bond donors (Lipinski definition) is 0. The third kappa shape index (κ3) is 3.04. The van der Waals surface area contributed by atoms with Gasteiger partial charge in [-0.2, -0.15) is 0 Å². The van der Waals surface area contributed by atoms with Crippen LogP contribution in [0.2, 0.25) is 0 Å². The van der Waals surface area contributed by atoms with Gasteiger partial charge in [0.05, 0.1) is 0 Å². The van der Waals surface area contributed by atoms with Crippen LogP contribution in [0, 0.1) is 17.8 Å². The van der Waals surface area contributed by atoms with Crippen LogP contribution in [-0.2, 0) is 10.8 Å². The summed E-state index contributed by atoms with van der Waals surface area (Å²) in [4.78, 5) is 0. The second-order valence-corrected chi connectivity index (χ2v) is 12.5. The Morgan fingerprint density at radius 2 is 1.36 bits per heavy atom. The zero-order valence-corrected chi connectivity index (χ0v) is 20.2. The summed E-state index contributed by atoms with van der Waals surface area (Å²) in [6.45, 7) is 6.83. The van der Waals surface area contributed by atoms with E-state index in [1.807, 2.05) is 0 Å². The average Bonchev–Trinajstić information content (AvgIpc) is 3.15. The van der Waals surface area contributed by atoms with E-state index < -0.39 is 0 Å². The summed E-state index contributed by atoms with van der Waals surface area (Å²) in [5.74, 6) is 2.97. The molecule has 4 fully saturated rings. The van der Waals surface area contributed by atoms with Gasteiger partial charge >= 0.3 is 0 Å². The monoisotopic (exact) mass is 434 g/mol. The van der Waals surface area contributed by atoms with Gasteiger partial charge in [0.25, 0.3) is 0 Å². The number of furan rings is 1. The first-order valence-electron chi connectivity index (χ1n) is 12.9. The molecular formula is C32H34O. The SMILES string of the molecule is CC(C)(C)c1cccc2oc3cc(-c4ccc(C56CC7CC(CC(C7)C5)C6)cc4)ccc3c12. The Morgan fingerprint density at radius 3 is 2.00 bits per heavy atom. The Morgan fingerprint density at radius 1 is 0.727 bits per heavy atom. The molecule has 0 radical (unpaired) electrons. The fourth-order valence-corrected chi connectivity index (χ4v) is 8.11. The van der Waals surface area contributed by atoms with Crippen LogP contribution in [0.1, 0.15) is 70.4 Å². The van der Waals surface area contributed by atoms with E-state index in [0.717, 1.165) is 28.9 Å². The summed E-state index contributed by atoms with van der Waals surface area (Å²) in [5, 5.41) is 2.49. The highest BCUT2D eigenvalue weighted by Crippen LogP contribution is 2.60. The molecule has 168 valence electrons. The standard InChI is InChI=1S/C32H34O/c1-31(2,3)27-5-4-6-28-30(27)26-12-9-24(16-29(26)33-28)23-7-10-25(11-8-23)32-17-20-13-21(18-32)15-22(14-20)19-32/h4-12,16,20-22H,13-15,17-19H2,1-3H3. The molecule has 0 amide bonds. The Kier molecular flexibility index (Phi) is 4.07. The Bertz CT molecular complexity index is 1330. The van der Waals surface area contributed by atoms with Crippen LogP contribution in [0.15, 0.2) is 65.1 Å². The molecule has 1 heteroatoms. The lowest BCUT2D eigenvalue weighted by Crippen LogP contribution is -2.48. The fraction of sp³-hybridized carbons (Fsp3) is 0.438. The Labute approximate surface area is 197 Å². The summed E-state index contributed by atoms with van der Waals surface area (Å²) in [5.41, 5.74) is 8.03. The first-order valence-corrected chi connectivity index (χ1v) is 12.9. The van der Waals surface area contributed by atoms with E-state index in [0.29, 0.717) is 5.41 Å². The van der Waals surface area contributed by atoms with Crippen molar-refractivity contribution in [3.63, 3.8) is 0 Å². The quantitative estimate of drug-likeness (QED) is 0.307. The van der Waals surface area contributed by atoms with Gasteiger partial charge in [0.15, 0.2) is 0 Å². The molecule has 3 aromatic carbocycles. The molecule has 0 unspecified atom stereocenters. The van der Waals surface area contributed by atoms with Crippen molar-refractivity contribution in [2.45, 2.75) is 70.1 Å². The Balaban J connectivity index is 1.26. The average molecular weight is 435 g/mol. The van der Waals surface area contributed by atoms with E-state index in [1.165, 1.54) is 66.0 Å². The van der Waals surface area contributed by atoms with Crippen molar-refractivity contribution in [1.82, 2.24) is 0 Å². The molecule has 1 nitrogen and oxygen atoms in total. The van der Waals surface area contributed by atoms with Gasteiger partial charge in [-0.15, -0.1) is 0 Å². The molecule has 4 aliphatic carbocycles. The third-order valence-electron chi connectivity index (χ3n) is 9.17. The number of fused-ring (bicyclic) bond motifs is 3. The minimum absolute atomic E-state index is 0.0854.